The number of sulfonamides is 1. The van der Waals surface area contributed by atoms with E-state index in [0.29, 0.717) is 4.88 Å². The van der Waals surface area contributed by atoms with Gasteiger partial charge in [0, 0.05) is 11.4 Å². The molecule has 0 saturated carbocycles. The second-order valence-electron chi connectivity index (χ2n) is 5.07. The van der Waals surface area contributed by atoms with Crippen molar-refractivity contribution in [1.29, 1.82) is 0 Å². The second-order valence-corrected chi connectivity index (χ2v) is 8.13. The number of ketones is 1. The Morgan fingerprint density at radius 3 is 2.44 bits per heavy atom. The third-order valence-electron chi connectivity index (χ3n) is 3.17. The normalized spacial score (nSPS) is 11.1. The number of benzene rings is 1. The van der Waals surface area contributed by atoms with Gasteiger partial charge >= 0.3 is 5.97 Å². The Morgan fingerprint density at radius 1 is 1.20 bits per heavy atom. The van der Waals surface area contributed by atoms with Gasteiger partial charge in [0.15, 0.2) is 6.61 Å². The standard InChI is InChI=1S/C17H17NO5S2/c1-3-10-18-25(21,22)14-7-5-13(6-8-14)17(20)23-11-15(19)16-9-4-12(2)24-16/h3-9,18H,1,10-11H2,2H3. The van der Waals surface area contributed by atoms with Gasteiger partial charge in [0.2, 0.25) is 15.8 Å². The van der Waals surface area contributed by atoms with Crippen LogP contribution in [0, 0.1) is 6.92 Å². The summed E-state index contributed by atoms with van der Waals surface area (Å²) in [6.45, 7) is 5.07. The van der Waals surface area contributed by atoms with Gasteiger partial charge in [-0.05, 0) is 43.3 Å². The van der Waals surface area contributed by atoms with Crippen LogP contribution in [0.1, 0.15) is 24.9 Å². The highest BCUT2D eigenvalue weighted by Gasteiger charge is 2.16. The number of thiophene rings is 1. The molecule has 0 amide bonds. The Bertz CT molecular complexity index is 882. The van der Waals surface area contributed by atoms with Crippen molar-refractivity contribution in [3.63, 3.8) is 0 Å². The van der Waals surface area contributed by atoms with Gasteiger partial charge in [0.1, 0.15) is 0 Å². The third-order valence-corrected chi connectivity index (χ3v) is 5.65. The molecule has 0 aliphatic carbocycles. The van der Waals surface area contributed by atoms with E-state index in [9.17, 15) is 18.0 Å². The van der Waals surface area contributed by atoms with Crippen LogP contribution in [0.4, 0.5) is 0 Å². The zero-order valence-corrected chi connectivity index (χ0v) is 15.2. The van der Waals surface area contributed by atoms with E-state index in [4.69, 9.17) is 4.74 Å². The van der Waals surface area contributed by atoms with E-state index in [1.165, 1.54) is 41.7 Å². The monoisotopic (exact) mass is 379 g/mol. The summed E-state index contributed by atoms with van der Waals surface area (Å²) >= 11 is 1.33. The molecule has 0 spiro atoms. The lowest BCUT2D eigenvalue weighted by Crippen LogP contribution is -2.23. The number of nitrogens with one attached hydrogen (secondary N) is 1. The molecule has 0 saturated heterocycles. The minimum atomic E-state index is -3.65. The van der Waals surface area contributed by atoms with Crippen LogP contribution in [-0.4, -0.2) is 33.3 Å². The fourth-order valence-electron chi connectivity index (χ4n) is 1.89. The molecule has 0 bridgehead atoms. The van der Waals surface area contributed by atoms with Crippen LogP contribution in [-0.2, 0) is 14.8 Å². The molecule has 1 heterocycles. The molecule has 0 aliphatic rings. The van der Waals surface area contributed by atoms with Crippen molar-refractivity contribution in [2.45, 2.75) is 11.8 Å². The zero-order valence-electron chi connectivity index (χ0n) is 13.5. The fourth-order valence-corrected chi connectivity index (χ4v) is 3.68. The number of Topliss-reactive ketones (excluding diaryl/α,β-unsaturated/α-hetero) is 1. The molecule has 8 heteroatoms. The first kappa shape index (κ1) is 19.0. The largest absolute Gasteiger partial charge is 0.454 e. The quantitative estimate of drug-likeness (QED) is 0.432. The number of esters is 1. The molecule has 2 aromatic rings. The summed E-state index contributed by atoms with van der Waals surface area (Å²) in [5.41, 5.74) is 0.165. The summed E-state index contributed by atoms with van der Waals surface area (Å²) in [4.78, 5) is 25.4. The maximum Gasteiger partial charge on any atom is 0.338 e. The highest BCUT2D eigenvalue weighted by Crippen LogP contribution is 2.16. The maximum atomic E-state index is 12.0. The second kappa shape index (κ2) is 8.19. The Morgan fingerprint density at radius 2 is 1.88 bits per heavy atom. The molecular formula is C17H17NO5S2. The highest BCUT2D eigenvalue weighted by molar-refractivity contribution is 7.89. The van der Waals surface area contributed by atoms with Crippen LogP contribution in [0.3, 0.4) is 0 Å². The average molecular weight is 379 g/mol. The van der Waals surface area contributed by atoms with Gasteiger partial charge in [-0.15, -0.1) is 17.9 Å². The first-order valence-corrected chi connectivity index (χ1v) is 9.61. The molecule has 0 fully saturated rings. The lowest BCUT2D eigenvalue weighted by molar-refractivity contribution is 0.0475. The van der Waals surface area contributed by atoms with Gasteiger partial charge in [0.05, 0.1) is 15.3 Å². The summed E-state index contributed by atoms with van der Waals surface area (Å²) in [7, 11) is -3.65. The molecule has 25 heavy (non-hydrogen) atoms. The van der Waals surface area contributed by atoms with Gasteiger partial charge in [-0.25, -0.2) is 17.9 Å². The third kappa shape index (κ3) is 5.09. The van der Waals surface area contributed by atoms with E-state index in [1.54, 1.807) is 6.07 Å². The molecule has 6 nitrogen and oxygen atoms in total. The highest BCUT2D eigenvalue weighted by atomic mass is 32.2. The van der Waals surface area contributed by atoms with Gasteiger partial charge in [-0.1, -0.05) is 6.08 Å². The van der Waals surface area contributed by atoms with Crippen molar-refractivity contribution in [2.75, 3.05) is 13.2 Å². The van der Waals surface area contributed by atoms with Crippen LogP contribution in [0.2, 0.25) is 0 Å². The first-order valence-electron chi connectivity index (χ1n) is 7.31. The van der Waals surface area contributed by atoms with Crippen LogP contribution < -0.4 is 4.72 Å². The van der Waals surface area contributed by atoms with Gasteiger partial charge in [-0.2, -0.15) is 0 Å². The van der Waals surface area contributed by atoms with E-state index in [0.717, 1.165) is 4.88 Å². The number of rotatable bonds is 8. The van der Waals surface area contributed by atoms with Crippen LogP contribution in [0.5, 0.6) is 0 Å². The summed E-state index contributed by atoms with van der Waals surface area (Å²) in [6, 6.07) is 8.78. The van der Waals surface area contributed by atoms with E-state index < -0.39 is 16.0 Å². The molecule has 0 aliphatic heterocycles. The van der Waals surface area contributed by atoms with Crippen molar-refractivity contribution in [3.05, 3.63) is 64.4 Å². The molecule has 132 valence electrons. The molecule has 1 N–H and O–H groups in total. The van der Waals surface area contributed by atoms with Gasteiger partial charge in [-0.3, -0.25) is 4.79 Å². The molecule has 2 rings (SSSR count). The summed E-state index contributed by atoms with van der Waals surface area (Å²) in [5, 5.41) is 0. The van der Waals surface area contributed by atoms with Crippen molar-refractivity contribution in [2.24, 2.45) is 0 Å². The van der Waals surface area contributed by atoms with Gasteiger partial charge < -0.3 is 4.74 Å². The SMILES string of the molecule is C=CCNS(=O)(=O)c1ccc(C(=O)OCC(=O)c2ccc(C)s2)cc1. The van der Waals surface area contributed by atoms with Gasteiger partial charge in [0.25, 0.3) is 0 Å². The van der Waals surface area contributed by atoms with Crippen molar-refractivity contribution in [3.8, 4) is 0 Å². The van der Waals surface area contributed by atoms with Crippen LogP contribution in [0.25, 0.3) is 0 Å². The fraction of sp³-hybridized carbons (Fsp3) is 0.176. The lowest BCUT2D eigenvalue weighted by Gasteiger charge is -2.06. The Hall–Kier alpha value is -2.29. The Labute approximate surface area is 150 Å². The molecular weight excluding hydrogens is 362 g/mol. The number of hydrogen-bond acceptors (Lipinski definition) is 6. The molecule has 0 atom stereocenters. The Balaban J connectivity index is 1.98. The maximum absolute atomic E-state index is 12.0. The van der Waals surface area contributed by atoms with Crippen molar-refractivity contribution < 1.29 is 22.7 Å². The van der Waals surface area contributed by atoms with Crippen molar-refractivity contribution >= 4 is 33.1 Å². The average Bonchev–Trinajstić information content (AvgIpc) is 3.04. The lowest BCUT2D eigenvalue weighted by atomic mass is 10.2. The van der Waals surface area contributed by atoms with E-state index in [2.05, 4.69) is 11.3 Å². The number of aryl methyl sites for hydroxylation is 1. The van der Waals surface area contributed by atoms with E-state index in [-0.39, 0.29) is 29.4 Å². The number of hydrogen-bond donors (Lipinski definition) is 1. The van der Waals surface area contributed by atoms with E-state index in [1.807, 2.05) is 13.0 Å². The molecule has 0 unspecified atom stereocenters. The van der Waals surface area contributed by atoms with Crippen LogP contribution in [0.15, 0.2) is 53.9 Å². The predicted octanol–water partition coefficient (Wildman–Crippen LogP) is 2.56. The van der Waals surface area contributed by atoms with Crippen molar-refractivity contribution in [1.82, 2.24) is 4.72 Å². The number of ether oxygens (including phenoxy) is 1. The van der Waals surface area contributed by atoms with Crippen LogP contribution >= 0.6 is 11.3 Å². The minimum absolute atomic E-state index is 0.0241. The summed E-state index contributed by atoms with van der Waals surface area (Å²) in [5.74, 6) is -0.969. The zero-order chi connectivity index (χ0) is 18.4. The topological polar surface area (TPSA) is 89.5 Å². The molecule has 1 aromatic carbocycles. The number of carbonyl (C=O) groups excluding carboxylic acids is 2. The summed E-state index contributed by atoms with van der Waals surface area (Å²) in [6.07, 6.45) is 1.43. The predicted molar refractivity (Wildman–Crippen MR) is 95.5 cm³/mol. The van der Waals surface area contributed by atoms with E-state index >= 15 is 0 Å². The number of carbonyl (C=O) groups is 2. The first-order chi connectivity index (χ1) is 11.8. The minimum Gasteiger partial charge on any atom is -0.454 e. The smallest absolute Gasteiger partial charge is 0.338 e. The summed E-state index contributed by atoms with van der Waals surface area (Å²) < 4.78 is 31.2. The Kier molecular flexibility index (Phi) is 6.24. The molecule has 1 aromatic heterocycles. The molecule has 0 radical (unpaired) electrons.